The summed E-state index contributed by atoms with van der Waals surface area (Å²) in [5.41, 5.74) is 7.81. The first-order valence-corrected chi connectivity index (χ1v) is 8.87. The lowest BCUT2D eigenvalue weighted by Crippen LogP contribution is -2.22. The molecule has 2 aromatic rings. The van der Waals surface area contributed by atoms with E-state index in [4.69, 9.17) is 10.5 Å². The number of carbonyl (C=O) groups is 1. The van der Waals surface area contributed by atoms with Crippen LogP contribution in [0.15, 0.2) is 30.3 Å². The minimum absolute atomic E-state index is 0.0205. The normalized spacial score (nSPS) is 10.7. The summed E-state index contributed by atoms with van der Waals surface area (Å²) in [5.74, 6) is 0.433. The van der Waals surface area contributed by atoms with Crippen LogP contribution in [0.5, 0.6) is 5.75 Å². The number of benzene rings is 1. The largest absolute Gasteiger partial charge is 0.486 e. The van der Waals surface area contributed by atoms with Crippen LogP contribution < -0.4 is 20.7 Å². The lowest BCUT2D eigenvalue weighted by Gasteiger charge is -2.20. The van der Waals surface area contributed by atoms with Crippen LogP contribution in [0.4, 0.5) is 10.7 Å². The summed E-state index contributed by atoms with van der Waals surface area (Å²) < 4.78 is 5.91. The highest BCUT2D eigenvalue weighted by atomic mass is 32.1. The van der Waals surface area contributed by atoms with Gasteiger partial charge >= 0.3 is 0 Å². The van der Waals surface area contributed by atoms with Gasteiger partial charge in [-0.25, -0.2) is 0 Å². The third-order valence-electron chi connectivity index (χ3n) is 3.39. The molecule has 0 aliphatic carbocycles. The molecule has 130 valence electrons. The Morgan fingerprint density at radius 3 is 2.58 bits per heavy atom. The van der Waals surface area contributed by atoms with Gasteiger partial charge in [0.1, 0.15) is 15.6 Å². The topological polar surface area (TPSA) is 67.6 Å². The van der Waals surface area contributed by atoms with Crippen molar-refractivity contribution in [2.45, 2.75) is 33.4 Å². The van der Waals surface area contributed by atoms with Gasteiger partial charge in [-0.05, 0) is 26.3 Å². The van der Waals surface area contributed by atoms with Gasteiger partial charge in [0.15, 0.2) is 5.75 Å². The first-order valence-electron chi connectivity index (χ1n) is 8.06. The lowest BCUT2D eigenvalue weighted by molar-refractivity contribution is 0.0960. The van der Waals surface area contributed by atoms with Crippen LogP contribution in [-0.4, -0.2) is 25.6 Å². The van der Waals surface area contributed by atoms with Crippen molar-refractivity contribution < 1.29 is 9.53 Å². The minimum Gasteiger partial charge on any atom is -0.486 e. The van der Waals surface area contributed by atoms with Gasteiger partial charge < -0.3 is 20.7 Å². The van der Waals surface area contributed by atoms with Crippen molar-refractivity contribution in [1.82, 2.24) is 5.32 Å². The highest BCUT2D eigenvalue weighted by Crippen LogP contribution is 2.45. The number of nitrogens with zero attached hydrogens (tertiary/aromatic N) is 1. The summed E-state index contributed by atoms with van der Waals surface area (Å²) in [5, 5.41) is 3.67. The molecule has 1 heterocycles. The first-order chi connectivity index (χ1) is 11.4. The number of thiophene rings is 1. The van der Waals surface area contributed by atoms with Crippen molar-refractivity contribution in [2.24, 2.45) is 0 Å². The van der Waals surface area contributed by atoms with Gasteiger partial charge in [0, 0.05) is 20.1 Å². The molecule has 1 aromatic carbocycles. The number of nitrogens with two attached hydrogens (primary N) is 1. The number of nitrogens with one attached hydrogen (secondary N) is 1. The number of anilines is 2. The molecule has 1 amide bonds. The number of nitrogen functional groups attached to an aromatic ring is 1. The molecule has 0 atom stereocenters. The fourth-order valence-electron chi connectivity index (χ4n) is 2.36. The Bertz CT molecular complexity index is 683. The van der Waals surface area contributed by atoms with Crippen LogP contribution in [-0.2, 0) is 6.54 Å². The van der Waals surface area contributed by atoms with E-state index >= 15 is 0 Å². The molecule has 0 aliphatic heterocycles. The summed E-state index contributed by atoms with van der Waals surface area (Å²) in [6.07, 6.45) is -0.0205. The molecular weight excluding hydrogens is 322 g/mol. The second kappa shape index (κ2) is 8.06. The number of carbonyl (C=O) groups excluding carboxylic acids is 1. The summed E-state index contributed by atoms with van der Waals surface area (Å²) >= 11 is 1.37. The summed E-state index contributed by atoms with van der Waals surface area (Å²) in [7, 11) is 1.98. The molecule has 5 nitrogen and oxygen atoms in total. The summed E-state index contributed by atoms with van der Waals surface area (Å²) in [4.78, 5) is 14.8. The Kier molecular flexibility index (Phi) is 6.09. The first kappa shape index (κ1) is 18.1. The number of rotatable bonds is 7. The Hall–Kier alpha value is -2.21. The second-order valence-electron chi connectivity index (χ2n) is 5.85. The standard InChI is InChI=1S/C18H25N3O2S/c1-5-20-17(22)16-14(19)15(23-12(2)3)18(24-16)21(4)11-13-9-7-6-8-10-13/h6-10,12H,5,11,19H2,1-4H3,(H,20,22). The molecule has 0 fully saturated rings. The van der Waals surface area contributed by atoms with Crippen molar-refractivity contribution in [1.29, 1.82) is 0 Å². The van der Waals surface area contributed by atoms with E-state index in [0.29, 0.717) is 29.4 Å². The molecular formula is C18H25N3O2S. The van der Waals surface area contributed by atoms with E-state index in [9.17, 15) is 4.79 Å². The molecule has 6 heteroatoms. The maximum absolute atomic E-state index is 12.2. The Morgan fingerprint density at radius 1 is 1.33 bits per heavy atom. The van der Waals surface area contributed by atoms with Crippen LogP contribution in [0.25, 0.3) is 0 Å². The maximum atomic E-state index is 12.2. The van der Waals surface area contributed by atoms with E-state index in [1.165, 1.54) is 16.9 Å². The fraction of sp³-hybridized carbons (Fsp3) is 0.389. The van der Waals surface area contributed by atoms with Crippen LogP contribution in [0.2, 0.25) is 0 Å². The minimum atomic E-state index is -0.159. The van der Waals surface area contributed by atoms with E-state index in [-0.39, 0.29) is 12.0 Å². The Balaban J connectivity index is 2.35. The molecule has 1 aromatic heterocycles. The van der Waals surface area contributed by atoms with E-state index in [2.05, 4.69) is 22.3 Å². The summed E-state index contributed by atoms with van der Waals surface area (Å²) in [6.45, 7) is 7.05. The average molecular weight is 347 g/mol. The number of hydrogen-bond donors (Lipinski definition) is 2. The Morgan fingerprint density at radius 2 is 2.00 bits per heavy atom. The number of hydrogen-bond acceptors (Lipinski definition) is 5. The third kappa shape index (κ3) is 4.20. The van der Waals surface area contributed by atoms with Gasteiger partial charge in [-0.3, -0.25) is 4.79 Å². The maximum Gasteiger partial charge on any atom is 0.263 e. The second-order valence-corrected chi connectivity index (χ2v) is 6.85. The zero-order chi connectivity index (χ0) is 17.7. The quantitative estimate of drug-likeness (QED) is 0.804. The number of ether oxygens (including phenoxy) is 1. The predicted octanol–water partition coefficient (Wildman–Crippen LogP) is 3.50. The van der Waals surface area contributed by atoms with Gasteiger partial charge in [0.2, 0.25) is 0 Å². The van der Waals surface area contributed by atoms with E-state index in [1.807, 2.05) is 46.0 Å². The third-order valence-corrected chi connectivity index (χ3v) is 4.69. The van der Waals surface area contributed by atoms with Crippen molar-refractivity contribution in [3.8, 4) is 5.75 Å². The zero-order valence-electron chi connectivity index (χ0n) is 14.6. The SMILES string of the molecule is CCNC(=O)c1sc(N(C)Cc2ccccc2)c(OC(C)C)c1N. The molecule has 3 N–H and O–H groups in total. The van der Waals surface area contributed by atoms with Crippen LogP contribution in [0, 0.1) is 0 Å². The fourth-order valence-corrected chi connectivity index (χ4v) is 3.39. The van der Waals surface area contributed by atoms with Gasteiger partial charge in [-0.2, -0.15) is 0 Å². The molecule has 0 unspecified atom stereocenters. The average Bonchev–Trinajstić information content (AvgIpc) is 2.85. The number of amides is 1. The molecule has 0 bridgehead atoms. The highest BCUT2D eigenvalue weighted by Gasteiger charge is 2.25. The zero-order valence-corrected chi connectivity index (χ0v) is 15.4. The van der Waals surface area contributed by atoms with Crippen LogP contribution in [0.3, 0.4) is 0 Å². The molecule has 0 saturated carbocycles. The van der Waals surface area contributed by atoms with Crippen molar-refractivity contribution in [3.05, 3.63) is 40.8 Å². The van der Waals surface area contributed by atoms with Gasteiger partial charge in [-0.15, -0.1) is 11.3 Å². The predicted molar refractivity (Wildman–Crippen MR) is 101 cm³/mol. The van der Waals surface area contributed by atoms with E-state index < -0.39 is 0 Å². The van der Waals surface area contributed by atoms with E-state index in [1.54, 1.807) is 0 Å². The van der Waals surface area contributed by atoms with Crippen molar-refractivity contribution in [2.75, 3.05) is 24.2 Å². The van der Waals surface area contributed by atoms with Gasteiger partial charge in [0.05, 0.1) is 6.10 Å². The van der Waals surface area contributed by atoms with E-state index in [0.717, 1.165) is 5.00 Å². The Labute approximate surface area is 147 Å². The molecule has 24 heavy (non-hydrogen) atoms. The monoisotopic (exact) mass is 347 g/mol. The van der Waals surface area contributed by atoms with Crippen molar-refractivity contribution >= 4 is 27.9 Å². The lowest BCUT2D eigenvalue weighted by atomic mass is 10.2. The van der Waals surface area contributed by atoms with Crippen LogP contribution >= 0.6 is 11.3 Å². The van der Waals surface area contributed by atoms with Gasteiger partial charge in [0.25, 0.3) is 5.91 Å². The van der Waals surface area contributed by atoms with Gasteiger partial charge in [-0.1, -0.05) is 30.3 Å². The van der Waals surface area contributed by atoms with Crippen molar-refractivity contribution in [3.63, 3.8) is 0 Å². The smallest absolute Gasteiger partial charge is 0.263 e. The molecule has 2 rings (SSSR count). The highest BCUT2D eigenvalue weighted by molar-refractivity contribution is 7.19. The molecule has 0 aliphatic rings. The molecule has 0 saturated heterocycles. The van der Waals surface area contributed by atoms with Crippen LogP contribution in [0.1, 0.15) is 36.0 Å². The summed E-state index contributed by atoms with van der Waals surface area (Å²) in [6, 6.07) is 10.2. The molecule has 0 spiro atoms. The molecule has 0 radical (unpaired) electrons.